The molecular weight excluding hydrogens is 809 g/mol. The van der Waals surface area contributed by atoms with Crippen molar-refractivity contribution >= 4 is 49.6 Å². The number of hydrogen-bond donors (Lipinski definition) is 0. The minimum absolute atomic E-state index is 0.517. The lowest BCUT2D eigenvalue weighted by Crippen LogP contribution is -2.28. The number of aromatic nitrogens is 1. The quantitative estimate of drug-likeness (QED) is 0.148. The van der Waals surface area contributed by atoms with E-state index in [1.165, 1.54) is 82.6 Å². The van der Waals surface area contributed by atoms with Crippen molar-refractivity contribution < 1.29 is 0 Å². The van der Waals surface area contributed by atoms with E-state index < -0.39 is 5.41 Å². The predicted molar refractivity (Wildman–Crippen MR) is 281 cm³/mol. The second kappa shape index (κ2) is 15.8. The van der Waals surface area contributed by atoms with E-state index in [9.17, 15) is 0 Å². The van der Waals surface area contributed by atoms with Crippen LogP contribution in [-0.4, -0.2) is 4.57 Å². The summed E-state index contributed by atoms with van der Waals surface area (Å²) in [5.74, 6) is 0. The fourth-order valence-electron chi connectivity index (χ4n) is 11.0. The van der Waals surface area contributed by atoms with Gasteiger partial charge in [-0.2, -0.15) is 0 Å². The van der Waals surface area contributed by atoms with Gasteiger partial charge in [-0.05, 0) is 133 Å². The molecule has 1 aromatic heterocycles. The zero-order valence-corrected chi connectivity index (χ0v) is 36.8. The van der Waals surface area contributed by atoms with Crippen molar-refractivity contribution in [3.05, 3.63) is 289 Å². The molecule has 1 aliphatic rings. The molecule has 0 fully saturated rings. The van der Waals surface area contributed by atoms with Crippen LogP contribution in [0.25, 0.3) is 71.6 Å². The number of fused-ring (bicyclic) bond motifs is 7. The van der Waals surface area contributed by atoms with Crippen molar-refractivity contribution in [3.63, 3.8) is 0 Å². The highest BCUT2D eigenvalue weighted by Crippen LogP contribution is 2.57. The molecule has 0 unspecified atom stereocenters. The largest absolute Gasteiger partial charge is 0.310 e. The average Bonchev–Trinajstić information content (AvgIpc) is 3.90. The topological polar surface area (TPSA) is 8.17 Å². The Balaban J connectivity index is 0.988. The maximum atomic E-state index is 2.46. The molecule has 314 valence electrons. The van der Waals surface area contributed by atoms with Crippen LogP contribution in [0, 0.1) is 0 Å². The maximum Gasteiger partial charge on any atom is 0.0714 e. The normalized spacial score (nSPS) is 12.6. The second-order valence-electron chi connectivity index (χ2n) is 17.7. The third kappa shape index (κ3) is 6.26. The van der Waals surface area contributed by atoms with E-state index in [0.717, 1.165) is 28.3 Å². The molecule has 0 amide bonds. The maximum absolute atomic E-state index is 2.46. The number of benzene rings is 11. The fourth-order valence-corrected chi connectivity index (χ4v) is 11.0. The highest BCUT2D eigenvalue weighted by atomic mass is 15.1. The van der Waals surface area contributed by atoms with E-state index in [1.807, 2.05) is 0 Å². The first-order valence-corrected chi connectivity index (χ1v) is 23.2. The summed E-state index contributed by atoms with van der Waals surface area (Å²) in [4.78, 5) is 2.44. The van der Waals surface area contributed by atoms with Gasteiger partial charge in [-0.15, -0.1) is 0 Å². The Morgan fingerprint density at radius 2 is 0.866 bits per heavy atom. The van der Waals surface area contributed by atoms with Crippen LogP contribution in [0.15, 0.2) is 267 Å². The lowest BCUT2D eigenvalue weighted by Gasteiger charge is -2.35. The number of hydrogen-bond acceptors (Lipinski definition) is 1. The Hall–Kier alpha value is -8.72. The van der Waals surface area contributed by atoms with E-state index in [2.05, 4.69) is 276 Å². The molecule has 2 nitrogen and oxygen atoms in total. The van der Waals surface area contributed by atoms with Crippen molar-refractivity contribution in [1.29, 1.82) is 0 Å². The number of anilines is 3. The minimum atomic E-state index is -0.517. The Morgan fingerprint density at radius 3 is 1.66 bits per heavy atom. The monoisotopic (exact) mass is 852 g/mol. The van der Waals surface area contributed by atoms with E-state index in [1.54, 1.807) is 0 Å². The van der Waals surface area contributed by atoms with Gasteiger partial charge in [0.25, 0.3) is 0 Å². The summed E-state index contributed by atoms with van der Waals surface area (Å²) in [7, 11) is 0. The SMILES string of the molecule is c1ccc(-c2ccc(N(c3cccc(-c4ccc5c(c4)c4ccccc4n5-c4ccc5ccccc5c4)c3)c3ccc4c(c3)C(c3ccccc3)(c3ccccc3)c3ccccc3-4)cc2)cc1. The molecule has 1 aliphatic carbocycles. The summed E-state index contributed by atoms with van der Waals surface area (Å²) in [6.07, 6.45) is 0. The Bertz CT molecular complexity index is 3750. The van der Waals surface area contributed by atoms with Crippen molar-refractivity contribution in [2.24, 2.45) is 0 Å². The molecule has 0 spiro atoms. The highest BCUT2D eigenvalue weighted by molar-refractivity contribution is 6.11. The van der Waals surface area contributed by atoms with E-state index >= 15 is 0 Å². The standard InChI is InChI=1S/C65H44N2/c1-4-17-45(18-5-1)47-31-35-53(36-32-47)66(56-38-39-58-57-27-12-14-29-61(57)65(62(58)44-56,51-22-6-2-7-23-51)52-24-8-3-9-25-52)54-26-16-21-49(42-54)50-34-40-64-60(43-50)59-28-13-15-30-63(59)67(64)55-37-33-46-19-10-11-20-48(46)41-55/h1-44H. The molecule has 0 aliphatic heterocycles. The van der Waals surface area contributed by atoms with Crippen LogP contribution < -0.4 is 4.90 Å². The molecule has 12 aromatic rings. The van der Waals surface area contributed by atoms with Gasteiger partial charge in [0.1, 0.15) is 0 Å². The first-order valence-electron chi connectivity index (χ1n) is 23.2. The molecule has 0 atom stereocenters. The fraction of sp³-hybridized carbons (Fsp3) is 0.0154. The highest BCUT2D eigenvalue weighted by Gasteiger charge is 2.46. The first kappa shape index (κ1) is 38.7. The van der Waals surface area contributed by atoms with Crippen LogP contribution in [0.4, 0.5) is 17.1 Å². The van der Waals surface area contributed by atoms with Crippen LogP contribution in [0.3, 0.4) is 0 Å². The van der Waals surface area contributed by atoms with Gasteiger partial charge in [0.2, 0.25) is 0 Å². The molecular formula is C65H44N2. The van der Waals surface area contributed by atoms with Crippen molar-refractivity contribution in [2.75, 3.05) is 4.90 Å². The zero-order valence-electron chi connectivity index (χ0n) is 36.8. The van der Waals surface area contributed by atoms with Gasteiger partial charge in [0, 0.05) is 33.5 Å². The summed E-state index contributed by atoms with van der Waals surface area (Å²) in [5, 5.41) is 4.95. The summed E-state index contributed by atoms with van der Waals surface area (Å²) in [6.45, 7) is 0. The summed E-state index contributed by atoms with van der Waals surface area (Å²) in [5.41, 5.74) is 18.6. The lowest BCUT2D eigenvalue weighted by molar-refractivity contribution is 0.768. The van der Waals surface area contributed by atoms with Gasteiger partial charge < -0.3 is 9.47 Å². The minimum Gasteiger partial charge on any atom is -0.310 e. The molecule has 0 saturated heterocycles. The molecule has 0 saturated carbocycles. The Labute approximate surface area is 390 Å². The Morgan fingerprint density at radius 1 is 0.299 bits per heavy atom. The van der Waals surface area contributed by atoms with Gasteiger partial charge in [0.15, 0.2) is 0 Å². The molecule has 0 bridgehead atoms. The van der Waals surface area contributed by atoms with Crippen molar-refractivity contribution in [1.82, 2.24) is 4.57 Å². The van der Waals surface area contributed by atoms with Crippen LogP contribution in [0.5, 0.6) is 0 Å². The third-order valence-electron chi connectivity index (χ3n) is 14.0. The summed E-state index contributed by atoms with van der Waals surface area (Å²) in [6, 6.07) is 98.1. The molecule has 0 N–H and O–H groups in total. The van der Waals surface area contributed by atoms with Gasteiger partial charge in [-0.3, -0.25) is 0 Å². The zero-order chi connectivity index (χ0) is 44.3. The number of rotatable bonds is 8. The van der Waals surface area contributed by atoms with Gasteiger partial charge in [-0.1, -0.05) is 200 Å². The second-order valence-corrected chi connectivity index (χ2v) is 17.7. The van der Waals surface area contributed by atoms with Crippen molar-refractivity contribution in [2.45, 2.75) is 5.41 Å². The average molecular weight is 853 g/mol. The number of nitrogens with zero attached hydrogens (tertiary/aromatic N) is 2. The summed E-state index contributed by atoms with van der Waals surface area (Å²) < 4.78 is 2.41. The van der Waals surface area contributed by atoms with Crippen molar-refractivity contribution in [3.8, 4) is 39.1 Å². The van der Waals surface area contributed by atoms with E-state index in [0.29, 0.717) is 0 Å². The van der Waals surface area contributed by atoms with E-state index in [4.69, 9.17) is 0 Å². The molecule has 11 aromatic carbocycles. The van der Waals surface area contributed by atoms with E-state index in [-0.39, 0.29) is 0 Å². The Kier molecular flexibility index (Phi) is 9.11. The molecule has 13 rings (SSSR count). The third-order valence-corrected chi connectivity index (χ3v) is 14.0. The predicted octanol–water partition coefficient (Wildman–Crippen LogP) is 17.1. The lowest BCUT2D eigenvalue weighted by atomic mass is 9.67. The van der Waals surface area contributed by atoms with Crippen LogP contribution in [-0.2, 0) is 5.41 Å². The van der Waals surface area contributed by atoms with Gasteiger partial charge >= 0.3 is 0 Å². The van der Waals surface area contributed by atoms with Gasteiger partial charge in [-0.25, -0.2) is 0 Å². The first-order chi connectivity index (χ1) is 33.2. The molecule has 0 radical (unpaired) electrons. The molecule has 2 heteroatoms. The smallest absolute Gasteiger partial charge is 0.0714 e. The molecule has 67 heavy (non-hydrogen) atoms. The summed E-state index contributed by atoms with van der Waals surface area (Å²) >= 11 is 0. The van der Waals surface area contributed by atoms with Crippen LogP contribution in [0.2, 0.25) is 0 Å². The van der Waals surface area contributed by atoms with Gasteiger partial charge in [0.05, 0.1) is 16.4 Å². The molecule has 1 heterocycles. The van der Waals surface area contributed by atoms with Crippen LogP contribution in [0.1, 0.15) is 22.3 Å². The number of para-hydroxylation sites is 1. The van der Waals surface area contributed by atoms with Crippen LogP contribution >= 0.6 is 0 Å².